The molecular weight excluding hydrogens is 296 g/mol. The molecule has 0 saturated heterocycles. The first-order valence-electron chi connectivity index (χ1n) is 6.88. The van der Waals surface area contributed by atoms with Crippen LogP contribution in [0, 0.1) is 11.8 Å². The molecule has 0 bridgehead atoms. The van der Waals surface area contributed by atoms with E-state index in [1.807, 2.05) is 0 Å². The third kappa shape index (κ3) is 3.27. The summed E-state index contributed by atoms with van der Waals surface area (Å²) in [5.74, 6) is 0.840. The van der Waals surface area contributed by atoms with Crippen LogP contribution in [-0.2, 0) is 10.0 Å². The highest BCUT2D eigenvalue weighted by Gasteiger charge is 2.31. The maximum atomic E-state index is 12.5. The molecule has 0 radical (unpaired) electrons. The number of hydrogen-bond acceptors (Lipinski definition) is 3. The van der Waals surface area contributed by atoms with Crippen molar-refractivity contribution in [2.75, 3.05) is 5.73 Å². The Morgan fingerprint density at radius 2 is 2.00 bits per heavy atom. The van der Waals surface area contributed by atoms with Crippen LogP contribution in [0.5, 0.6) is 0 Å². The van der Waals surface area contributed by atoms with Crippen molar-refractivity contribution < 1.29 is 8.42 Å². The average Bonchev–Trinajstić information content (AvgIpc) is 2.37. The van der Waals surface area contributed by atoms with Gasteiger partial charge in [-0.05, 0) is 36.5 Å². The van der Waals surface area contributed by atoms with Crippen LogP contribution >= 0.6 is 11.6 Å². The van der Waals surface area contributed by atoms with E-state index < -0.39 is 10.0 Å². The molecule has 1 aromatic carbocycles. The van der Waals surface area contributed by atoms with Gasteiger partial charge < -0.3 is 5.73 Å². The molecule has 6 heteroatoms. The fraction of sp³-hybridized carbons (Fsp3) is 0.571. The molecular formula is C14H21ClN2O2S. The van der Waals surface area contributed by atoms with Crippen LogP contribution < -0.4 is 10.5 Å². The fourth-order valence-corrected chi connectivity index (χ4v) is 4.51. The summed E-state index contributed by atoms with van der Waals surface area (Å²) in [5, 5.41) is 0.365. The molecule has 0 amide bonds. The van der Waals surface area contributed by atoms with E-state index in [1.165, 1.54) is 12.1 Å². The predicted molar refractivity (Wildman–Crippen MR) is 82.2 cm³/mol. The van der Waals surface area contributed by atoms with E-state index >= 15 is 0 Å². The molecule has 3 unspecified atom stereocenters. The van der Waals surface area contributed by atoms with Crippen molar-refractivity contribution in [1.29, 1.82) is 0 Å². The second-order valence-corrected chi connectivity index (χ2v) is 7.80. The molecule has 1 fully saturated rings. The third-order valence-electron chi connectivity index (χ3n) is 4.28. The predicted octanol–water partition coefficient (Wildman–Crippen LogP) is 3.03. The van der Waals surface area contributed by atoms with Crippen molar-refractivity contribution in [3.8, 4) is 0 Å². The lowest BCUT2D eigenvalue weighted by atomic mass is 9.78. The summed E-state index contributed by atoms with van der Waals surface area (Å²) in [6, 6.07) is 4.46. The van der Waals surface area contributed by atoms with Gasteiger partial charge in [0.1, 0.15) is 4.90 Å². The highest BCUT2D eigenvalue weighted by Crippen LogP contribution is 2.31. The van der Waals surface area contributed by atoms with Gasteiger partial charge in [-0.2, -0.15) is 0 Å². The van der Waals surface area contributed by atoms with Crippen LogP contribution in [0.2, 0.25) is 5.02 Å². The molecule has 1 aliphatic carbocycles. The Balaban J connectivity index is 2.25. The zero-order chi connectivity index (χ0) is 14.9. The first kappa shape index (κ1) is 15.6. The van der Waals surface area contributed by atoms with E-state index in [1.54, 1.807) is 6.07 Å². The molecule has 112 valence electrons. The van der Waals surface area contributed by atoms with Crippen LogP contribution in [0.4, 0.5) is 5.69 Å². The van der Waals surface area contributed by atoms with Gasteiger partial charge in [0.25, 0.3) is 0 Å². The van der Waals surface area contributed by atoms with Gasteiger partial charge in [-0.25, -0.2) is 13.1 Å². The third-order valence-corrected chi connectivity index (χ3v) is 6.06. The standard InChI is InChI=1S/C14H21ClN2O2S/c1-9-4-3-5-13(10(9)2)17-20(18,19)14-8-11(15)6-7-12(14)16/h6-10,13,17H,3-5,16H2,1-2H3. The minimum Gasteiger partial charge on any atom is -0.398 e. The quantitative estimate of drug-likeness (QED) is 0.842. The second kappa shape index (κ2) is 5.92. The molecule has 0 spiro atoms. The number of rotatable bonds is 3. The number of halogens is 1. The number of nitrogens with two attached hydrogens (primary N) is 1. The Labute approximate surface area is 125 Å². The van der Waals surface area contributed by atoms with Crippen LogP contribution in [0.1, 0.15) is 33.1 Å². The lowest BCUT2D eigenvalue weighted by molar-refractivity contribution is 0.227. The van der Waals surface area contributed by atoms with Gasteiger partial charge in [0.05, 0.1) is 5.69 Å². The normalized spacial score (nSPS) is 27.4. The zero-order valence-electron chi connectivity index (χ0n) is 11.8. The lowest BCUT2D eigenvalue weighted by Crippen LogP contribution is -2.43. The van der Waals surface area contributed by atoms with Crippen molar-refractivity contribution in [3.05, 3.63) is 23.2 Å². The Morgan fingerprint density at radius 1 is 1.30 bits per heavy atom. The monoisotopic (exact) mass is 316 g/mol. The van der Waals surface area contributed by atoms with Crippen LogP contribution in [0.15, 0.2) is 23.1 Å². The minimum atomic E-state index is -3.63. The van der Waals surface area contributed by atoms with Crippen LogP contribution in [-0.4, -0.2) is 14.5 Å². The Hall–Kier alpha value is -0.780. The van der Waals surface area contributed by atoms with Crippen molar-refractivity contribution in [2.24, 2.45) is 11.8 Å². The number of nitrogens with one attached hydrogen (secondary N) is 1. The van der Waals surface area contributed by atoms with Crippen molar-refractivity contribution >= 4 is 27.3 Å². The van der Waals surface area contributed by atoms with Crippen LogP contribution in [0.3, 0.4) is 0 Å². The maximum absolute atomic E-state index is 12.5. The summed E-state index contributed by atoms with van der Waals surface area (Å²) in [4.78, 5) is 0.0652. The first-order valence-corrected chi connectivity index (χ1v) is 8.74. The van der Waals surface area contributed by atoms with Gasteiger partial charge >= 0.3 is 0 Å². The van der Waals surface area contributed by atoms with E-state index in [0.717, 1.165) is 19.3 Å². The van der Waals surface area contributed by atoms with Crippen molar-refractivity contribution in [1.82, 2.24) is 4.72 Å². The van der Waals surface area contributed by atoms with Gasteiger partial charge in [0.2, 0.25) is 10.0 Å². The number of anilines is 1. The summed E-state index contributed by atoms with van der Waals surface area (Å²) in [6.07, 6.45) is 3.06. The van der Waals surface area contributed by atoms with E-state index in [9.17, 15) is 8.42 Å². The van der Waals surface area contributed by atoms with Gasteiger partial charge in [0, 0.05) is 11.1 Å². The van der Waals surface area contributed by atoms with Crippen molar-refractivity contribution in [3.63, 3.8) is 0 Å². The summed E-state index contributed by atoms with van der Waals surface area (Å²) in [5.41, 5.74) is 5.99. The smallest absolute Gasteiger partial charge is 0.242 e. The van der Waals surface area contributed by atoms with Gasteiger partial charge in [-0.1, -0.05) is 38.3 Å². The molecule has 20 heavy (non-hydrogen) atoms. The molecule has 1 saturated carbocycles. The van der Waals surface area contributed by atoms with Crippen molar-refractivity contribution in [2.45, 2.75) is 44.0 Å². The highest BCUT2D eigenvalue weighted by atomic mass is 35.5. The largest absolute Gasteiger partial charge is 0.398 e. The molecule has 0 aromatic heterocycles. The topological polar surface area (TPSA) is 72.2 Å². The molecule has 4 nitrogen and oxygen atoms in total. The zero-order valence-corrected chi connectivity index (χ0v) is 13.3. The van der Waals surface area contributed by atoms with E-state index in [0.29, 0.717) is 16.9 Å². The molecule has 1 aromatic rings. The van der Waals surface area contributed by atoms with Gasteiger partial charge in [-0.15, -0.1) is 0 Å². The summed E-state index contributed by atoms with van der Waals surface area (Å²) in [6.45, 7) is 4.26. The molecule has 1 aliphatic rings. The summed E-state index contributed by atoms with van der Waals surface area (Å²) < 4.78 is 27.7. The molecule has 0 heterocycles. The summed E-state index contributed by atoms with van der Waals surface area (Å²) >= 11 is 5.87. The summed E-state index contributed by atoms with van der Waals surface area (Å²) in [7, 11) is -3.63. The SMILES string of the molecule is CC1CCCC(NS(=O)(=O)c2cc(Cl)ccc2N)C1C. The van der Waals surface area contributed by atoms with E-state index in [4.69, 9.17) is 17.3 Å². The molecule has 3 N–H and O–H groups in total. The highest BCUT2D eigenvalue weighted by molar-refractivity contribution is 7.89. The van der Waals surface area contributed by atoms with Gasteiger partial charge in [0.15, 0.2) is 0 Å². The Morgan fingerprint density at radius 3 is 2.70 bits per heavy atom. The Kier molecular flexibility index (Phi) is 4.62. The maximum Gasteiger partial charge on any atom is 0.242 e. The molecule has 0 aliphatic heterocycles. The van der Waals surface area contributed by atoms with Gasteiger partial charge in [-0.3, -0.25) is 0 Å². The second-order valence-electron chi connectivity index (χ2n) is 5.68. The number of benzene rings is 1. The lowest BCUT2D eigenvalue weighted by Gasteiger charge is -2.34. The van der Waals surface area contributed by atoms with Crippen LogP contribution in [0.25, 0.3) is 0 Å². The average molecular weight is 317 g/mol. The minimum absolute atomic E-state index is 0.0397. The first-order chi connectivity index (χ1) is 9.31. The van der Waals surface area contributed by atoms with E-state index in [2.05, 4.69) is 18.6 Å². The fourth-order valence-electron chi connectivity index (χ4n) is 2.75. The Bertz CT molecular complexity index is 589. The number of sulfonamides is 1. The van der Waals surface area contributed by atoms with E-state index in [-0.39, 0.29) is 16.6 Å². The number of nitrogen functional groups attached to an aromatic ring is 1. The molecule has 3 atom stereocenters. The molecule has 2 rings (SSSR count). The number of hydrogen-bond donors (Lipinski definition) is 2.